The Balaban J connectivity index is 1.89. The van der Waals surface area contributed by atoms with Crippen molar-refractivity contribution in [3.63, 3.8) is 0 Å². The summed E-state index contributed by atoms with van der Waals surface area (Å²) in [5.74, 6) is 0.324. The van der Waals surface area contributed by atoms with Gasteiger partial charge < -0.3 is 15.5 Å². The monoisotopic (exact) mass is 303 g/mol. The van der Waals surface area contributed by atoms with Gasteiger partial charge in [0.05, 0.1) is 18.1 Å². The predicted molar refractivity (Wildman–Crippen MR) is 78.3 cm³/mol. The lowest BCUT2D eigenvalue weighted by molar-refractivity contribution is -0.132. The van der Waals surface area contributed by atoms with Crippen LogP contribution in [0.15, 0.2) is 0 Å². The van der Waals surface area contributed by atoms with E-state index in [1.165, 1.54) is 0 Å². The molecule has 2 unspecified atom stereocenters. The Morgan fingerprint density at radius 1 is 1.50 bits per heavy atom. The zero-order valence-electron chi connectivity index (χ0n) is 12.3. The standard InChI is InChI=1S/C13H25N3O3S/c1-3-16(11-4-7-20(18,19)9-11)12(17)8-15-13(2)5-6-14-10-13/h11,14-15H,3-10H2,1-2H3. The molecule has 2 aliphatic heterocycles. The van der Waals surface area contributed by atoms with Gasteiger partial charge in [0.15, 0.2) is 9.84 Å². The summed E-state index contributed by atoms with van der Waals surface area (Å²) in [6.07, 6.45) is 1.57. The van der Waals surface area contributed by atoms with Crippen LogP contribution in [-0.2, 0) is 14.6 Å². The van der Waals surface area contributed by atoms with Crippen LogP contribution in [-0.4, -0.2) is 68.5 Å². The number of likely N-dealkylation sites (N-methyl/N-ethyl adjacent to an activating group) is 1. The Labute approximate surface area is 121 Å². The van der Waals surface area contributed by atoms with E-state index in [0.29, 0.717) is 13.0 Å². The van der Waals surface area contributed by atoms with Crippen LogP contribution in [0.1, 0.15) is 26.7 Å². The highest BCUT2D eigenvalue weighted by atomic mass is 32.2. The largest absolute Gasteiger partial charge is 0.338 e. The lowest BCUT2D eigenvalue weighted by Gasteiger charge is -2.30. The summed E-state index contributed by atoms with van der Waals surface area (Å²) >= 11 is 0. The molecular weight excluding hydrogens is 278 g/mol. The Kier molecular flexibility index (Phi) is 4.71. The van der Waals surface area contributed by atoms with E-state index in [-0.39, 0.29) is 35.5 Å². The molecule has 116 valence electrons. The Morgan fingerprint density at radius 2 is 2.25 bits per heavy atom. The number of sulfone groups is 1. The quantitative estimate of drug-likeness (QED) is 0.707. The Bertz CT molecular complexity index is 457. The minimum Gasteiger partial charge on any atom is -0.338 e. The molecule has 0 aromatic carbocycles. The molecule has 0 saturated carbocycles. The van der Waals surface area contributed by atoms with Gasteiger partial charge in [-0.3, -0.25) is 4.79 Å². The van der Waals surface area contributed by atoms with Gasteiger partial charge in [0.1, 0.15) is 0 Å². The van der Waals surface area contributed by atoms with Crippen molar-refractivity contribution in [3.8, 4) is 0 Å². The Morgan fingerprint density at radius 3 is 2.75 bits per heavy atom. The number of hydrogen-bond donors (Lipinski definition) is 2. The number of nitrogens with zero attached hydrogens (tertiary/aromatic N) is 1. The van der Waals surface area contributed by atoms with Crippen molar-refractivity contribution in [2.45, 2.75) is 38.3 Å². The summed E-state index contributed by atoms with van der Waals surface area (Å²) in [5.41, 5.74) is -0.0309. The third-order valence-electron chi connectivity index (χ3n) is 4.35. The molecule has 2 saturated heterocycles. The van der Waals surface area contributed by atoms with E-state index in [2.05, 4.69) is 17.6 Å². The molecule has 2 aliphatic rings. The first-order valence-corrected chi connectivity index (χ1v) is 9.13. The molecule has 2 atom stereocenters. The number of amides is 1. The van der Waals surface area contributed by atoms with Crippen LogP contribution in [0, 0.1) is 0 Å². The zero-order valence-corrected chi connectivity index (χ0v) is 13.1. The van der Waals surface area contributed by atoms with Gasteiger partial charge in [0, 0.05) is 24.7 Å². The van der Waals surface area contributed by atoms with Crippen LogP contribution >= 0.6 is 0 Å². The number of rotatable bonds is 5. The average molecular weight is 303 g/mol. The topological polar surface area (TPSA) is 78.5 Å². The molecule has 6 nitrogen and oxygen atoms in total. The normalized spacial score (nSPS) is 32.4. The summed E-state index contributed by atoms with van der Waals surface area (Å²) < 4.78 is 23.1. The maximum Gasteiger partial charge on any atom is 0.236 e. The van der Waals surface area contributed by atoms with E-state index in [9.17, 15) is 13.2 Å². The highest BCUT2D eigenvalue weighted by Gasteiger charge is 2.35. The molecule has 0 spiro atoms. The van der Waals surface area contributed by atoms with Crippen LogP contribution in [0.2, 0.25) is 0 Å². The first-order chi connectivity index (χ1) is 9.35. The van der Waals surface area contributed by atoms with Crippen LogP contribution in [0.25, 0.3) is 0 Å². The van der Waals surface area contributed by atoms with E-state index >= 15 is 0 Å². The van der Waals surface area contributed by atoms with Gasteiger partial charge in [0.25, 0.3) is 0 Å². The van der Waals surface area contributed by atoms with Crippen molar-refractivity contribution in [1.82, 2.24) is 15.5 Å². The highest BCUT2D eigenvalue weighted by Crippen LogP contribution is 2.18. The molecule has 0 bridgehead atoms. The van der Waals surface area contributed by atoms with Gasteiger partial charge >= 0.3 is 0 Å². The minimum absolute atomic E-state index is 0.00252. The number of carbonyl (C=O) groups is 1. The fourth-order valence-electron chi connectivity index (χ4n) is 3.02. The van der Waals surface area contributed by atoms with Gasteiger partial charge in [-0.25, -0.2) is 8.42 Å². The van der Waals surface area contributed by atoms with E-state index in [1.807, 2.05) is 6.92 Å². The second-order valence-corrected chi connectivity index (χ2v) is 8.31. The molecule has 2 rings (SSSR count). The molecule has 20 heavy (non-hydrogen) atoms. The predicted octanol–water partition coefficient (Wildman–Crippen LogP) is -0.636. The van der Waals surface area contributed by atoms with Crippen molar-refractivity contribution in [1.29, 1.82) is 0 Å². The fraction of sp³-hybridized carbons (Fsp3) is 0.923. The molecule has 2 fully saturated rings. The summed E-state index contributed by atoms with van der Waals surface area (Å²) in [4.78, 5) is 14.0. The van der Waals surface area contributed by atoms with Crippen molar-refractivity contribution >= 4 is 15.7 Å². The van der Waals surface area contributed by atoms with Gasteiger partial charge in [-0.05, 0) is 33.2 Å². The number of carbonyl (C=O) groups excluding carboxylic acids is 1. The molecule has 0 aromatic heterocycles. The maximum atomic E-state index is 12.3. The van der Waals surface area contributed by atoms with Crippen LogP contribution in [0.3, 0.4) is 0 Å². The molecule has 1 amide bonds. The van der Waals surface area contributed by atoms with Crippen molar-refractivity contribution in [3.05, 3.63) is 0 Å². The van der Waals surface area contributed by atoms with E-state index < -0.39 is 9.84 Å². The van der Waals surface area contributed by atoms with Crippen LogP contribution in [0.4, 0.5) is 0 Å². The first kappa shape index (κ1) is 15.7. The average Bonchev–Trinajstić information content (AvgIpc) is 2.95. The zero-order chi connectivity index (χ0) is 14.8. The van der Waals surface area contributed by atoms with Gasteiger partial charge in [0.2, 0.25) is 5.91 Å². The van der Waals surface area contributed by atoms with Crippen LogP contribution < -0.4 is 10.6 Å². The second kappa shape index (κ2) is 5.99. The minimum atomic E-state index is -2.95. The SMILES string of the molecule is CCN(C(=O)CNC1(C)CCNC1)C1CCS(=O)(=O)C1. The highest BCUT2D eigenvalue weighted by molar-refractivity contribution is 7.91. The smallest absolute Gasteiger partial charge is 0.236 e. The summed E-state index contributed by atoms with van der Waals surface area (Å²) in [7, 11) is -2.95. The number of hydrogen-bond acceptors (Lipinski definition) is 5. The summed E-state index contributed by atoms with van der Waals surface area (Å²) in [6.45, 7) is 6.69. The van der Waals surface area contributed by atoms with Crippen LogP contribution in [0.5, 0.6) is 0 Å². The van der Waals surface area contributed by atoms with Crippen molar-refractivity contribution in [2.75, 3.05) is 37.7 Å². The molecule has 0 radical (unpaired) electrons. The molecule has 2 heterocycles. The lowest BCUT2D eigenvalue weighted by Crippen LogP contribution is -2.51. The molecular formula is C13H25N3O3S. The summed E-state index contributed by atoms with van der Waals surface area (Å²) in [6, 6.07) is -0.145. The third-order valence-corrected chi connectivity index (χ3v) is 6.10. The van der Waals surface area contributed by atoms with E-state index in [4.69, 9.17) is 0 Å². The third kappa shape index (κ3) is 3.71. The van der Waals surface area contributed by atoms with Gasteiger partial charge in [-0.1, -0.05) is 0 Å². The molecule has 7 heteroatoms. The molecule has 0 aromatic rings. The Hall–Kier alpha value is -0.660. The molecule has 2 N–H and O–H groups in total. The van der Waals surface area contributed by atoms with Crippen molar-refractivity contribution in [2.24, 2.45) is 0 Å². The molecule has 0 aliphatic carbocycles. The number of nitrogens with one attached hydrogen (secondary N) is 2. The fourth-order valence-corrected chi connectivity index (χ4v) is 4.75. The first-order valence-electron chi connectivity index (χ1n) is 7.31. The van der Waals surface area contributed by atoms with Gasteiger partial charge in [-0.15, -0.1) is 0 Å². The maximum absolute atomic E-state index is 12.3. The van der Waals surface area contributed by atoms with Gasteiger partial charge in [-0.2, -0.15) is 0 Å². The lowest BCUT2D eigenvalue weighted by atomic mass is 10.0. The summed E-state index contributed by atoms with van der Waals surface area (Å²) in [5, 5.41) is 6.59. The van der Waals surface area contributed by atoms with E-state index in [0.717, 1.165) is 19.5 Å². The van der Waals surface area contributed by atoms with Crippen molar-refractivity contribution < 1.29 is 13.2 Å². The van der Waals surface area contributed by atoms with E-state index in [1.54, 1.807) is 4.90 Å². The second-order valence-electron chi connectivity index (χ2n) is 6.08.